The standard InChI is InChI=1S/C14H21ClN2O2S/c1-11-13(15)6-3-7-14(11)20(18,19)17(2)12-5-4-9-16-10-8-12/h3,6-7,12,16H,4-5,8-10H2,1-2H3. The van der Waals surface area contributed by atoms with Gasteiger partial charge in [0.15, 0.2) is 0 Å². The van der Waals surface area contributed by atoms with Gasteiger partial charge in [-0.05, 0) is 57.0 Å². The van der Waals surface area contributed by atoms with E-state index in [2.05, 4.69) is 5.32 Å². The molecule has 1 aromatic rings. The summed E-state index contributed by atoms with van der Waals surface area (Å²) in [6, 6.07) is 5.08. The molecule has 0 radical (unpaired) electrons. The number of nitrogens with one attached hydrogen (secondary N) is 1. The molecule has 0 saturated carbocycles. The average molecular weight is 317 g/mol. The number of hydrogen-bond acceptors (Lipinski definition) is 3. The van der Waals surface area contributed by atoms with Gasteiger partial charge < -0.3 is 5.32 Å². The van der Waals surface area contributed by atoms with Crippen LogP contribution in [-0.4, -0.2) is 38.9 Å². The van der Waals surface area contributed by atoms with Crippen molar-refractivity contribution in [2.75, 3.05) is 20.1 Å². The summed E-state index contributed by atoms with van der Waals surface area (Å²) in [5.74, 6) is 0. The number of rotatable bonds is 3. The molecule has 1 aliphatic heterocycles. The molecule has 1 fully saturated rings. The minimum absolute atomic E-state index is 0.0494. The molecule has 4 nitrogen and oxygen atoms in total. The van der Waals surface area contributed by atoms with Crippen LogP contribution < -0.4 is 5.32 Å². The van der Waals surface area contributed by atoms with E-state index in [4.69, 9.17) is 11.6 Å². The first-order valence-corrected chi connectivity index (χ1v) is 8.70. The molecule has 1 N–H and O–H groups in total. The smallest absolute Gasteiger partial charge is 0.243 e. The quantitative estimate of drug-likeness (QED) is 0.931. The highest BCUT2D eigenvalue weighted by Gasteiger charge is 2.29. The fourth-order valence-corrected chi connectivity index (χ4v) is 4.47. The van der Waals surface area contributed by atoms with Crippen molar-refractivity contribution in [1.29, 1.82) is 0 Å². The van der Waals surface area contributed by atoms with E-state index < -0.39 is 10.0 Å². The molecule has 20 heavy (non-hydrogen) atoms. The lowest BCUT2D eigenvalue weighted by atomic mass is 10.1. The number of hydrogen-bond donors (Lipinski definition) is 1. The SMILES string of the molecule is Cc1c(Cl)cccc1S(=O)(=O)N(C)C1CCCNCC1. The van der Waals surface area contributed by atoms with Gasteiger partial charge in [0.1, 0.15) is 0 Å². The molecule has 1 unspecified atom stereocenters. The molecule has 1 aliphatic rings. The van der Waals surface area contributed by atoms with Crippen LogP contribution in [0.2, 0.25) is 5.02 Å². The first-order chi connectivity index (χ1) is 9.44. The lowest BCUT2D eigenvalue weighted by Crippen LogP contribution is -2.37. The first kappa shape index (κ1) is 15.8. The Morgan fingerprint density at radius 3 is 2.80 bits per heavy atom. The predicted molar refractivity (Wildman–Crippen MR) is 81.6 cm³/mol. The second-order valence-electron chi connectivity index (χ2n) is 5.22. The summed E-state index contributed by atoms with van der Waals surface area (Å²) in [7, 11) is -1.81. The van der Waals surface area contributed by atoms with Crippen molar-refractivity contribution in [2.45, 2.75) is 37.1 Å². The molecular formula is C14H21ClN2O2S. The van der Waals surface area contributed by atoms with Crippen LogP contribution in [0.1, 0.15) is 24.8 Å². The van der Waals surface area contributed by atoms with Crippen molar-refractivity contribution in [3.63, 3.8) is 0 Å². The molecule has 1 atom stereocenters. The van der Waals surface area contributed by atoms with Crippen LogP contribution in [0.3, 0.4) is 0 Å². The van der Waals surface area contributed by atoms with Crippen molar-refractivity contribution in [1.82, 2.24) is 9.62 Å². The average Bonchev–Trinajstić information content (AvgIpc) is 2.69. The van der Waals surface area contributed by atoms with Crippen molar-refractivity contribution in [3.8, 4) is 0 Å². The fourth-order valence-electron chi connectivity index (χ4n) is 2.58. The number of halogens is 1. The molecule has 0 bridgehead atoms. The second-order valence-corrected chi connectivity index (χ2v) is 7.59. The molecule has 112 valence electrons. The minimum atomic E-state index is -3.49. The third-order valence-electron chi connectivity index (χ3n) is 3.93. The lowest BCUT2D eigenvalue weighted by molar-refractivity contribution is 0.341. The number of sulfonamides is 1. The van der Waals surface area contributed by atoms with Crippen molar-refractivity contribution in [3.05, 3.63) is 28.8 Å². The summed E-state index contributed by atoms with van der Waals surface area (Å²) in [6.45, 7) is 3.57. The van der Waals surface area contributed by atoms with Gasteiger partial charge in [-0.15, -0.1) is 0 Å². The lowest BCUT2D eigenvalue weighted by Gasteiger charge is -2.27. The zero-order chi connectivity index (χ0) is 14.8. The maximum atomic E-state index is 12.8. The van der Waals surface area contributed by atoms with Crippen LogP contribution in [0.15, 0.2) is 23.1 Å². The van der Waals surface area contributed by atoms with E-state index in [1.54, 1.807) is 32.2 Å². The van der Waals surface area contributed by atoms with E-state index in [0.29, 0.717) is 15.5 Å². The molecule has 6 heteroatoms. The van der Waals surface area contributed by atoms with Crippen molar-refractivity contribution in [2.24, 2.45) is 0 Å². The Labute approximate surface area is 126 Å². The summed E-state index contributed by atoms with van der Waals surface area (Å²) < 4.78 is 27.0. The van der Waals surface area contributed by atoms with Gasteiger partial charge in [-0.3, -0.25) is 0 Å². The maximum absolute atomic E-state index is 12.8. The van der Waals surface area contributed by atoms with E-state index in [1.165, 1.54) is 4.31 Å². The third-order valence-corrected chi connectivity index (χ3v) is 6.40. The molecule has 0 aliphatic carbocycles. The second kappa shape index (κ2) is 6.43. The largest absolute Gasteiger partial charge is 0.317 e. The van der Waals surface area contributed by atoms with E-state index >= 15 is 0 Å². The van der Waals surface area contributed by atoms with Gasteiger partial charge in [-0.25, -0.2) is 8.42 Å². The van der Waals surface area contributed by atoms with E-state index in [1.807, 2.05) is 0 Å². The summed E-state index contributed by atoms with van der Waals surface area (Å²) >= 11 is 6.04. The van der Waals surface area contributed by atoms with E-state index in [-0.39, 0.29) is 6.04 Å². The van der Waals surface area contributed by atoms with Crippen molar-refractivity contribution < 1.29 is 8.42 Å². The normalized spacial score (nSPS) is 20.9. The van der Waals surface area contributed by atoms with E-state index in [9.17, 15) is 8.42 Å². The Morgan fingerprint density at radius 1 is 1.30 bits per heavy atom. The van der Waals surface area contributed by atoms with Gasteiger partial charge in [0, 0.05) is 18.1 Å². The minimum Gasteiger partial charge on any atom is -0.317 e. The van der Waals surface area contributed by atoms with Gasteiger partial charge in [-0.2, -0.15) is 4.31 Å². The van der Waals surface area contributed by atoms with Crippen molar-refractivity contribution >= 4 is 21.6 Å². The summed E-state index contributed by atoms with van der Waals surface area (Å²) in [4.78, 5) is 0.310. The third kappa shape index (κ3) is 3.17. The summed E-state index contributed by atoms with van der Waals surface area (Å²) in [5, 5.41) is 3.79. The van der Waals surface area contributed by atoms with Crippen LogP contribution in [0.4, 0.5) is 0 Å². The maximum Gasteiger partial charge on any atom is 0.243 e. The molecule has 0 aromatic heterocycles. The molecule has 2 rings (SSSR count). The van der Waals surface area contributed by atoms with Crippen LogP contribution in [0.5, 0.6) is 0 Å². The van der Waals surface area contributed by atoms with Crippen LogP contribution >= 0.6 is 11.6 Å². The summed E-state index contributed by atoms with van der Waals surface area (Å²) in [5.41, 5.74) is 0.618. The van der Waals surface area contributed by atoms with Gasteiger partial charge in [0.05, 0.1) is 4.90 Å². The number of nitrogens with zero attached hydrogens (tertiary/aromatic N) is 1. The van der Waals surface area contributed by atoms with E-state index in [0.717, 1.165) is 32.4 Å². The highest BCUT2D eigenvalue weighted by atomic mass is 35.5. The van der Waals surface area contributed by atoms with Gasteiger partial charge in [0.25, 0.3) is 0 Å². The fraction of sp³-hybridized carbons (Fsp3) is 0.571. The molecule has 0 spiro atoms. The molecule has 0 amide bonds. The van der Waals surface area contributed by atoms with Gasteiger partial charge in [-0.1, -0.05) is 17.7 Å². The van der Waals surface area contributed by atoms with Crippen LogP contribution in [-0.2, 0) is 10.0 Å². The molecular weight excluding hydrogens is 296 g/mol. The van der Waals surface area contributed by atoms with Crippen LogP contribution in [0.25, 0.3) is 0 Å². The Morgan fingerprint density at radius 2 is 2.05 bits per heavy atom. The Hall–Kier alpha value is -0.620. The monoisotopic (exact) mass is 316 g/mol. The van der Waals surface area contributed by atoms with Gasteiger partial charge >= 0.3 is 0 Å². The van der Waals surface area contributed by atoms with Crippen LogP contribution in [0, 0.1) is 6.92 Å². The zero-order valence-electron chi connectivity index (χ0n) is 11.9. The first-order valence-electron chi connectivity index (χ1n) is 6.88. The zero-order valence-corrected chi connectivity index (χ0v) is 13.5. The van der Waals surface area contributed by atoms with Gasteiger partial charge in [0.2, 0.25) is 10.0 Å². The molecule has 1 heterocycles. The highest BCUT2D eigenvalue weighted by Crippen LogP contribution is 2.27. The Kier molecular flexibility index (Phi) is 5.07. The topological polar surface area (TPSA) is 49.4 Å². The summed E-state index contributed by atoms with van der Waals surface area (Å²) in [6.07, 6.45) is 2.73. The molecule has 1 aromatic carbocycles. The Bertz CT molecular complexity index is 567. The predicted octanol–water partition coefficient (Wildman–Crippen LogP) is 2.41. The highest BCUT2D eigenvalue weighted by molar-refractivity contribution is 7.89. The molecule has 1 saturated heterocycles. The Balaban J connectivity index is 2.31. The number of benzene rings is 1.